The van der Waals surface area contributed by atoms with Crippen molar-refractivity contribution < 1.29 is 8.42 Å². The molecule has 1 fully saturated rings. The van der Waals surface area contributed by atoms with Crippen molar-refractivity contribution in [3.63, 3.8) is 0 Å². The van der Waals surface area contributed by atoms with Gasteiger partial charge in [0.25, 0.3) is 0 Å². The van der Waals surface area contributed by atoms with Crippen LogP contribution in [0.25, 0.3) is 0 Å². The van der Waals surface area contributed by atoms with E-state index in [1.54, 1.807) is 6.07 Å². The molecule has 0 amide bonds. The van der Waals surface area contributed by atoms with Gasteiger partial charge in [0.15, 0.2) is 0 Å². The van der Waals surface area contributed by atoms with Gasteiger partial charge in [0.2, 0.25) is 10.0 Å². The van der Waals surface area contributed by atoms with Crippen LogP contribution >= 0.6 is 15.9 Å². The Balaban J connectivity index is 2.03. The molecule has 1 aromatic carbocycles. The largest absolute Gasteiger partial charge is 0.283 e. The maximum Gasteiger partial charge on any atom is 0.233 e. The number of benzene rings is 1. The van der Waals surface area contributed by atoms with E-state index < -0.39 is 10.0 Å². The number of aryl methyl sites for hydroxylation is 1. The van der Waals surface area contributed by atoms with E-state index in [1.807, 2.05) is 19.1 Å². The smallest absolute Gasteiger partial charge is 0.233 e. The zero-order valence-corrected chi connectivity index (χ0v) is 13.6. The van der Waals surface area contributed by atoms with Crippen LogP contribution in [-0.2, 0) is 10.0 Å². The standard InChI is InChI=1S/C14H20BrNO2S/c1-11-9-13(15)7-8-14(11)16-19(17,18)10-12-5-3-2-4-6-12/h7-9,12,16H,2-6,10H2,1H3. The first-order valence-corrected chi connectivity index (χ1v) is 9.17. The summed E-state index contributed by atoms with van der Waals surface area (Å²) in [5.74, 6) is 0.574. The Morgan fingerprint density at radius 1 is 1.26 bits per heavy atom. The third-order valence-corrected chi connectivity index (χ3v) is 5.57. The molecule has 0 spiro atoms. The highest BCUT2D eigenvalue weighted by molar-refractivity contribution is 9.10. The molecule has 1 aliphatic carbocycles. The van der Waals surface area contributed by atoms with Crippen LogP contribution in [0.15, 0.2) is 22.7 Å². The average Bonchev–Trinajstić information content (AvgIpc) is 2.33. The topological polar surface area (TPSA) is 46.2 Å². The molecule has 1 saturated carbocycles. The van der Waals surface area contributed by atoms with Gasteiger partial charge in [-0.2, -0.15) is 0 Å². The van der Waals surface area contributed by atoms with Gasteiger partial charge < -0.3 is 0 Å². The van der Waals surface area contributed by atoms with Gasteiger partial charge >= 0.3 is 0 Å². The highest BCUT2D eigenvalue weighted by Crippen LogP contribution is 2.26. The lowest BCUT2D eigenvalue weighted by Gasteiger charge is -2.21. The molecule has 5 heteroatoms. The summed E-state index contributed by atoms with van der Waals surface area (Å²) in [7, 11) is -3.23. The number of hydrogen-bond donors (Lipinski definition) is 1. The maximum atomic E-state index is 12.2. The fourth-order valence-electron chi connectivity index (χ4n) is 2.61. The quantitative estimate of drug-likeness (QED) is 0.893. The van der Waals surface area contributed by atoms with Crippen LogP contribution in [-0.4, -0.2) is 14.2 Å². The first kappa shape index (κ1) is 14.9. The van der Waals surface area contributed by atoms with Gasteiger partial charge in [0.05, 0.1) is 11.4 Å². The summed E-state index contributed by atoms with van der Waals surface area (Å²) in [4.78, 5) is 0. The van der Waals surface area contributed by atoms with Crippen molar-refractivity contribution in [1.29, 1.82) is 0 Å². The minimum atomic E-state index is -3.23. The summed E-state index contributed by atoms with van der Waals surface area (Å²) in [5, 5.41) is 0. The Hall–Kier alpha value is -0.550. The molecule has 0 atom stereocenters. The molecule has 0 heterocycles. The highest BCUT2D eigenvalue weighted by Gasteiger charge is 2.21. The van der Waals surface area contributed by atoms with Gasteiger partial charge in [0, 0.05) is 4.47 Å². The zero-order chi connectivity index (χ0) is 13.9. The van der Waals surface area contributed by atoms with Crippen molar-refractivity contribution in [3.8, 4) is 0 Å². The zero-order valence-electron chi connectivity index (χ0n) is 11.2. The molecule has 1 N–H and O–H groups in total. The predicted octanol–water partition coefficient (Wildman–Crippen LogP) is 4.08. The highest BCUT2D eigenvalue weighted by atomic mass is 79.9. The Kier molecular flexibility index (Phi) is 4.90. The van der Waals surface area contributed by atoms with E-state index in [1.165, 1.54) is 6.42 Å². The predicted molar refractivity (Wildman–Crippen MR) is 82.9 cm³/mol. The Labute approximate surface area is 124 Å². The number of sulfonamides is 1. The second kappa shape index (κ2) is 6.27. The van der Waals surface area contributed by atoms with Crippen LogP contribution in [0.3, 0.4) is 0 Å². The van der Waals surface area contributed by atoms with Gasteiger partial charge in [-0.3, -0.25) is 4.72 Å². The van der Waals surface area contributed by atoms with E-state index in [-0.39, 0.29) is 5.75 Å². The van der Waals surface area contributed by atoms with Crippen molar-refractivity contribution in [3.05, 3.63) is 28.2 Å². The van der Waals surface area contributed by atoms with Crippen LogP contribution in [0.1, 0.15) is 37.7 Å². The van der Waals surface area contributed by atoms with E-state index in [4.69, 9.17) is 0 Å². The van der Waals surface area contributed by atoms with Crippen LogP contribution < -0.4 is 4.72 Å². The van der Waals surface area contributed by atoms with Gasteiger partial charge in [-0.05, 0) is 49.4 Å². The molecule has 1 aromatic rings. The summed E-state index contributed by atoms with van der Waals surface area (Å²) in [6.45, 7) is 1.91. The molecule has 2 rings (SSSR count). The summed E-state index contributed by atoms with van der Waals surface area (Å²) in [5.41, 5.74) is 1.61. The number of rotatable bonds is 4. The van der Waals surface area contributed by atoms with E-state index >= 15 is 0 Å². The van der Waals surface area contributed by atoms with Crippen LogP contribution in [0.5, 0.6) is 0 Å². The Morgan fingerprint density at radius 3 is 2.58 bits per heavy atom. The molecule has 0 radical (unpaired) electrons. The molecule has 0 aliphatic heterocycles. The number of nitrogens with one attached hydrogen (secondary N) is 1. The summed E-state index contributed by atoms with van der Waals surface area (Å²) < 4.78 is 28.0. The van der Waals surface area contributed by atoms with Crippen molar-refractivity contribution in [2.24, 2.45) is 5.92 Å². The summed E-state index contributed by atoms with van der Waals surface area (Å²) in [6.07, 6.45) is 5.66. The fraction of sp³-hybridized carbons (Fsp3) is 0.571. The van der Waals surface area contributed by atoms with Crippen LogP contribution in [0.2, 0.25) is 0 Å². The SMILES string of the molecule is Cc1cc(Br)ccc1NS(=O)(=O)CC1CCCCC1. The molecule has 0 bridgehead atoms. The summed E-state index contributed by atoms with van der Waals surface area (Å²) in [6, 6.07) is 5.57. The van der Waals surface area contributed by atoms with E-state index in [9.17, 15) is 8.42 Å². The molecule has 106 valence electrons. The van der Waals surface area contributed by atoms with Gasteiger partial charge in [-0.25, -0.2) is 8.42 Å². The number of halogens is 1. The lowest BCUT2D eigenvalue weighted by molar-refractivity contribution is 0.385. The van der Waals surface area contributed by atoms with Gasteiger partial charge in [-0.1, -0.05) is 35.2 Å². The lowest BCUT2D eigenvalue weighted by Crippen LogP contribution is -2.24. The van der Waals surface area contributed by atoms with E-state index in [0.29, 0.717) is 11.6 Å². The molecular weight excluding hydrogens is 326 g/mol. The van der Waals surface area contributed by atoms with Crippen LogP contribution in [0.4, 0.5) is 5.69 Å². The molecule has 1 aliphatic rings. The van der Waals surface area contributed by atoms with Gasteiger partial charge in [-0.15, -0.1) is 0 Å². The fourth-order valence-corrected chi connectivity index (χ4v) is 4.69. The first-order valence-electron chi connectivity index (χ1n) is 6.73. The monoisotopic (exact) mass is 345 g/mol. The molecule has 19 heavy (non-hydrogen) atoms. The first-order chi connectivity index (χ1) is 8.96. The third-order valence-electron chi connectivity index (χ3n) is 3.63. The summed E-state index contributed by atoms with van der Waals surface area (Å²) >= 11 is 3.38. The molecule has 3 nitrogen and oxygen atoms in total. The third kappa shape index (κ3) is 4.49. The number of anilines is 1. The van der Waals surface area contributed by atoms with Crippen molar-refractivity contribution in [1.82, 2.24) is 0 Å². The van der Waals surface area contributed by atoms with Crippen LogP contribution in [0, 0.1) is 12.8 Å². The Morgan fingerprint density at radius 2 is 1.95 bits per heavy atom. The van der Waals surface area contributed by atoms with Crippen molar-refractivity contribution in [2.45, 2.75) is 39.0 Å². The molecule has 0 saturated heterocycles. The molecular formula is C14H20BrNO2S. The van der Waals surface area contributed by atoms with Crippen molar-refractivity contribution in [2.75, 3.05) is 10.5 Å². The maximum absolute atomic E-state index is 12.2. The molecule has 0 aromatic heterocycles. The second-order valence-corrected chi connectivity index (χ2v) is 8.03. The number of hydrogen-bond acceptors (Lipinski definition) is 2. The van der Waals surface area contributed by atoms with E-state index in [2.05, 4.69) is 20.7 Å². The minimum absolute atomic E-state index is 0.252. The minimum Gasteiger partial charge on any atom is -0.283 e. The lowest BCUT2D eigenvalue weighted by atomic mass is 9.91. The van der Waals surface area contributed by atoms with Gasteiger partial charge in [0.1, 0.15) is 0 Å². The van der Waals surface area contributed by atoms with Crippen molar-refractivity contribution >= 4 is 31.6 Å². The van der Waals surface area contributed by atoms with E-state index in [0.717, 1.165) is 35.7 Å². The Bertz CT molecular complexity index is 536. The second-order valence-electron chi connectivity index (χ2n) is 5.35. The normalized spacial score (nSPS) is 17.4. The average molecular weight is 346 g/mol. The molecule has 0 unspecified atom stereocenters.